The van der Waals surface area contributed by atoms with E-state index in [1.54, 1.807) is 11.9 Å². The van der Waals surface area contributed by atoms with Crippen molar-refractivity contribution in [1.29, 1.82) is 0 Å². The van der Waals surface area contributed by atoms with Crippen molar-refractivity contribution in [2.75, 3.05) is 13.7 Å². The molecule has 1 aliphatic rings. The Hall–Kier alpha value is -2.24. The molecule has 0 aliphatic heterocycles. The molecule has 1 amide bonds. The fourth-order valence-electron chi connectivity index (χ4n) is 2.67. The fourth-order valence-corrected chi connectivity index (χ4v) is 2.67. The van der Waals surface area contributed by atoms with Crippen molar-refractivity contribution >= 4 is 11.9 Å². The molecule has 1 saturated carbocycles. The SMILES string of the molecule is CN(C(=O)COC(=O)c1ccc(O)cc1O)C1CCCCC1. The predicted octanol–water partition coefficient (Wildman–Crippen LogP) is 2.05. The molecule has 1 aromatic rings. The summed E-state index contributed by atoms with van der Waals surface area (Å²) in [6.45, 7) is -0.355. The lowest BCUT2D eigenvalue weighted by atomic mass is 9.94. The van der Waals surface area contributed by atoms with Crippen LogP contribution in [0.4, 0.5) is 0 Å². The number of carbonyl (C=O) groups excluding carboxylic acids is 2. The second kappa shape index (κ2) is 7.15. The first-order chi connectivity index (χ1) is 10.5. The van der Waals surface area contributed by atoms with Crippen LogP contribution in [0, 0.1) is 0 Å². The largest absolute Gasteiger partial charge is 0.508 e. The van der Waals surface area contributed by atoms with E-state index in [-0.39, 0.29) is 35.6 Å². The zero-order valence-electron chi connectivity index (χ0n) is 12.6. The number of ether oxygens (including phenoxy) is 1. The quantitative estimate of drug-likeness (QED) is 0.831. The Labute approximate surface area is 129 Å². The highest BCUT2D eigenvalue weighted by molar-refractivity contribution is 5.94. The Morgan fingerprint density at radius 2 is 1.91 bits per heavy atom. The van der Waals surface area contributed by atoms with Crippen molar-refractivity contribution < 1.29 is 24.5 Å². The standard InChI is InChI=1S/C16H21NO5/c1-17(11-5-3-2-4-6-11)15(20)10-22-16(21)13-8-7-12(18)9-14(13)19/h7-9,11,18-19H,2-6,10H2,1H3. The van der Waals surface area contributed by atoms with Gasteiger partial charge >= 0.3 is 5.97 Å². The van der Waals surface area contributed by atoms with Gasteiger partial charge in [-0.05, 0) is 25.0 Å². The van der Waals surface area contributed by atoms with Crippen LogP contribution in [0.2, 0.25) is 0 Å². The number of rotatable bonds is 4. The Bertz CT molecular complexity index is 551. The molecule has 120 valence electrons. The molecule has 0 bridgehead atoms. The molecule has 0 aromatic heterocycles. The van der Waals surface area contributed by atoms with Gasteiger partial charge in [0, 0.05) is 19.2 Å². The smallest absolute Gasteiger partial charge is 0.342 e. The van der Waals surface area contributed by atoms with Crippen molar-refractivity contribution in [3.05, 3.63) is 23.8 Å². The van der Waals surface area contributed by atoms with E-state index in [9.17, 15) is 19.8 Å². The number of phenols is 2. The Balaban J connectivity index is 1.88. The zero-order chi connectivity index (χ0) is 16.1. The van der Waals surface area contributed by atoms with Crippen LogP contribution in [-0.2, 0) is 9.53 Å². The van der Waals surface area contributed by atoms with Gasteiger partial charge in [0.1, 0.15) is 17.1 Å². The summed E-state index contributed by atoms with van der Waals surface area (Å²) in [5.74, 6) is -1.57. The summed E-state index contributed by atoms with van der Waals surface area (Å²) in [7, 11) is 1.73. The number of carbonyl (C=O) groups is 2. The number of benzene rings is 1. The lowest BCUT2D eigenvalue weighted by Gasteiger charge is -2.31. The maximum absolute atomic E-state index is 12.1. The van der Waals surface area contributed by atoms with Gasteiger partial charge in [-0.25, -0.2) is 4.79 Å². The molecule has 0 heterocycles. The molecule has 6 nitrogen and oxygen atoms in total. The van der Waals surface area contributed by atoms with E-state index in [0.717, 1.165) is 31.7 Å². The second-order valence-corrected chi connectivity index (χ2v) is 5.57. The molecule has 1 aliphatic carbocycles. The number of amides is 1. The van der Waals surface area contributed by atoms with Gasteiger partial charge in [0.05, 0.1) is 0 Å². The van der Waals surface area contributed by atoms with Gasteiger partial charge in [0.2, 0.25) is 0 Å². The van der Waals surface area contributed by atoms with Gasteiger partial charge < -0.3 is 19.8 Å². The molecule has 0 radical (unpaired) electrons. The first-order valence-electron chi connectivity index (χ1n) is 7.44. The predicted molar refractivity (Wildman–Crippen MR) is 79.7 cm³/mol. The van der Waals surface area contributed by atoms with Crippen LogP contribution in [-0.4, -0.2) is 46.7 Å². The number of aromatic hydroxyl groups is 2. The van der Waals surface area contributed by atoms with E-state index < -0.39 is 5.97 Å². The van der Waals surface area contributed by atoms with Gasteiger partial charge in [-0.2, -0.15) is 0 Å². The Morgan fingerprint density at radius 1 is 1.23 bits per heavy atom. The topological polar surface area (TPSA) is 87.1 Å². The van der Waals surface area contributed by atoms with Crippen LogP contribution < -0.4 is 0 Å². The minimum absolute atomic E-state index is 0.0779. The number of hydrogen-bond acceptors (Lipinski definition) is 5. The highest BCUT2D eigenvalue weighted by Gasteiger charge is 2.23. The van der Waals surface area contributed by atoms with Gasteiger partial charge in [0.25, 0.3) is 5.91 Å². The molecule has 0 saturated heterocycles. The molecular formula is C16H21NO5. The van der Waals surface area contributed by atoms with Crippen LogP contribution in [0.5, 0.6) is 11.5 Å². The van der Waals surface area contributed by atoms with E-state index in [1.165, 1.54) is 18.6 Å². The normalized spacial score (nSPS) is 15.3. The van der Waals surface area contributed by atoms with Crippen LogP contribution in [0.25, 0.3) is 0 Å². The third-order valence-electron chi connectivity index (χ3n) is 4.04. The van der Waals surface area contributed by atoms with Crippen LogP contribution in [0.1, 0.15) is 42.5 Å². The third-order valence-corrected chi connectivity index (χ3v) is 4.04. The Morgan fingerprint density at radius 3 is 2.55 bits per heavy atom. The van der Waals surface area contributed by atoms with Gasteiger partial charge in [0.15, 0.2) is 6.61 Å². The van der Waals surface area contributed by atoms with E-state index in [0.29, 0.717) is 0 Å². The number of phenolic OH excluding ortho intramolecular Hbond substituents is 2. The monoisotopic (exact) mass is 307 g/mol. The molecule has 0 unspecified atom stereocenters. The van der Waals surface area contributed by atoms with E-state index >= 15 is 0 Å². The molecule has 2 N–H and O–H groups in total. The molecule has 0 spiro atoms. The summed E-state index contributed by atoms with van der Waals surface area (Å²) in [6.07, 6.45) is 5.39. The molecule has 1 fully saturated rings. The molecule has 22 heavy (non-hydrogen) atoms. The van der Waals surface area contributed by atoms with Gasteiger partial charge in [-0.15, -0.1) is 0 Å². The van der Waals surface area contributed by atoms with E-state index in [2.05, 4.69) is 0 Å². The average molecular weight is 307 g/mol. The van der Waals surface area contributed by atoms with E-state index in [4.69, 9.17) is 4.74 Å². The molecule has 6 heteroatoms. The summed E-state index contributed by atoms with van der Waals surface area (Å²) >= 11 is 0. The van der Waals surface area contributed by atoms with Gasteiger partial charge in [-0.3, -0.25) is 4.79 Å². The fraction of sp³-hybridized carbons (Fsp3) is 0.500. The average Bonchev–Trinajstić information content (AvgIpc) is 2.52. The minimum Gasteiger partial charge on any atom is -0.508 e. The first kappa shape index (κ1) is 16.1. The van der Waals surface area contributed by atoms with Crippen LogP contribution in [0.15, 0.2) is 18.2 Å². The molecule has 2 rings (SSSR count). The number of esters is 1. The second-order valence-electron chi connectivity index (χ2n) is 5.57. The molecule has 1 aromatic carbocycles. The molecule has 0 atom stereocenters. The van der Waals surface area contributed by atoms with Crippen LogP contribution in [0.3, 0.4) is 0 Å². The summed E-state index contributed by atoms with van der Waals surface area (Å²) in [5, 5.41) is 18.8. The van der Waals surface area contributed by atoms with Crippen molar-refractivity contribution in [1.82, 2.24) is 4.90 Å². The third kappa shape index (κ3) is 3.90. The zero-order valence-corrected chi connectivity index (χ0v) is 12.6. The summed E-state index contributed by atoms with van der Waals surface area (Å²) < 4.78 is 4.95. The van der Waals surface area contributed by atoms with Crippen LogP contribution >= 0.6 is 0 Å². The maximum Gasteiger partial charge on any atom is 0.342 e. The summed E-state index contributed by atoms with van der Waals surface area (Å²) in [6, 6.07) is 3.78. The Kier molecular flexibility index (Phi) is 5.25. The van der Waals surface area contributed by atoms with E-state index in [1.807, 2.05) is 0 Å². The van der Waals surface area contributed by atoms with Crippen molar-refractivity contribution in [2.24, 2.45) is 0 Å². The van der Waals surface area contributed by atoms with Crippen molar-refractivity contribution in [3.8, 4) is 11.5 Å². The van der Waals surface area contributed by atoms with Crippen molar-refractivity contribution in [2.45, 2.75) is 38.1 Å². The lowest BCUT2D eigenvalue weighted by molar-refractivity contribution is -0.135. The maximum atomic E-state index is 12.1. The number of likely N-dealkylation sites (N-methyl/N-ethyl adjacent to an activating group) is 1. The summed E-state index contributed by atoms with van der Waals surface area (Å²) in [5.41, 5.74) is -0.0779. The lowest BCUT2D eigenvalue weighted by Crippen LogP contribution is -2.40. The summed E-state index contributed by atoms with van der Waals surface area (Å²) in [4.78, 5) is 25.6. The number of nitrogens with zero attached hydrogens (tertiary/aromatic N) is 1. The molecular weight excluding hydrogens is 286 g/mol. The number of hydrogen-bond donors (Lipinski definition) is 2. The van der Waals surface area contributed by atoms with Crippen molar-refractivity contribution in [3.63, 3.8) is 0 Å². The van der Waals surface area contributed by atoms with Gasteiger partial charge in [-0.1, -0.05) is 19.3 Å². The highest BCUT2D eigenvalue weighted by Crippen LogP contribution is 2.24. The first-order valence-corrected chi connectivity index (χ1v) is 7.44. The minimum atomic E-state index is -0.789. The highest BCUT2D eigenvalue weighted by atomic mass is 16.5.